The quantitative estimate of drug-likeness (QED) is 0.791. The Kier molecular flexibility index (Phi) is 5.62. The van der Waals surface area contributed by atoms with Crippen LogP contribution in [0.2, 0.25) is 0 Å². The largest absolute Gasteiger partial charge is 0.377 e. The Morgan fingerprint density at radius 2 is 2.11 bits per heavy atom. The molecule has 0 aromatic carbocycles. The second-order valence-electron chi connectivity index (χ2n) is 5.67. The molecule has 0 saturated carbocycles. The molecule has 2 rings (SSSR count). The van der Waals surface area contributed by atoms with Crippen molar-refractivity contribution in [2.45, 2.75) is 50.7 Å². The maximum atomic E-state index is 12.2. The molecule has 2 fully saturated rings. The summed E-state index contributed by atoms with van der Waals surface area (Å²) in [4.78, 5) is 0. The van der Waals surface area contributed by atoms with Gasteiger partial charge in [0.25, 0.3) is 0 Å². The summed E-state index contributed by atoms with van der Waals surface area (Å²) in [5, 5.41) is 3.45. The van der Waals surface area contributed by atoms with Gasteiger partial charge in [-0.2, -0.15) is 0 Å². The SMILES string of the molecule is CN(CCC1CCCCN1)S(=O)(=O)CC1CCCO1. The molecular formula is C13H26N2O3S. The summed E-state index contributed by atoms with van der Waals surface area (Å²) in [6.07, 6.45) is 6.32. The normalized spacial score (nSPS) is 28.9. The van der Waals surface area contributed by atoms with Crippen molar-refractivity contribution in [2.75, 3.05) is 32.5 Å². The van der Waals surface area contributed by atoms with Crippen molar-refractivity contribution in [1.29, 1.82) is 0 Å². The summed E-state index contributed by atoms with van der Waals surface area (Å²) < 4.78 is 31.3. The minimum Gasteiger partial charge on any atom is -0.377 e. The van der Waals surface area contributed by atoms with Gasteiger partial charge < -0.3 is 10.1 Å². The average molecular weight is 290 g/mol. The first-order valence-corrected chi connectivity index (χ1v) is 8.98. The second-order valence-corrected chi connectivity index (χ2v) is 7.79. The first kappa shape index (κ1) is 15.2. The Hall–Kier alpha value is -0.170. The molecule has 0 aromatic rings. The number of hydrogen-bond acceptors (Lipinski definition) is 4. The smallest absolute Gasteiger partial charge is 0.216 e. The van der Waals surface area contributed by atoms with E-state index in [1.54, 1.807) is 7.05 Å². The van der Waals surface area contributed by atoms with Crippen LogP contribution in [0.25, 0.3) is 0 Å². The third-order valence-corrected chi connectivity index (χ3v) is 6.03. The zero-order valence-electron chi connectivity index (χ0n) is 11.8. The first-order chi connectivity index (χ1) is 9.08. The van der Waals surface area contributed by atoms with E-state index in [1.165, 1.54) is 23.6 Å². The predicted molar refractivity (Wildman–Crippen MR) is 75.6 cm³/mol. The number of rotatable bonds is 6. The highest BCUT2D eigenvalue weighted by atomic mass is 32.2. The van der Waals surface area contributed by atoms with E-state index in [-0.39, 0.29) is 11.9 Å². The lowest BCUT2D eigenvalue weighted by atomic mass is 10.0. The van der Waals surface area contributed by atoms with Gasteiger partial charge in [-0.15, -0.1) is 0 Å². The van der Waals surface area contributed by atoms with Gasteiger partial charge in [-0.05, 0) is 38.6 Å². The average Bonchev–Trinajstić information content (AvgIpc) is 2.89. The van der Waals surface area contributed by atoms with E-state index in [0.717, 1.165) is 25.8 Å². The van der Waals surface area contributed by atoms with E-state index in [1.807, 2.05) is 0 Å². The van der Waals surface area contributed by atoms with Gasteiger partial charge in [0.05, 0.1) is 11.9 Å². The summed E-state index contributed by atoms with van der Waals surface area (Å²) in [5.74, 6) is 0.140. The molecule has 0 radical (unpaired) electrons. The van der Waals surface area contributed by atoms with Crippen LogP contribution >= 0.6 is 0 Å². The van der Waals surface area contributed by atoms with Gasteiger partial charge in [0.15, 0.2) is 0 Å². The lowest BCUT2D eigenvalue weighted by molar-refractivity contribution is 0.126. The predicted octanol–water partition coefficient (Wildman–Crippen LogP) is 0.959. The van der Waals surface area contributed by atoms with Crippen LogP contribution in [0.5, 0.6) is 0 Å². The molecule has 0 aromatic heterocycles. The number of piperidine rings is 1. The van der Waals surface area contributed by atoms with Gasteiger partial charge in [-0.1, -0.05) is 6.42 Å². The minimum absolute atomic E-state index is 0.0970. The molecule has 0 amide bonds. The van der Waals surface area contributed by atoms with Gasteiger partial charge >= 0.3 is 0 Å². The first-order valence-electron chi connectivity index (χ1n) is 7.37. The van der Waals surface area contributed by atoms with Crippen LogP contribution in [0.15, 0.2) is 0 Å². The van der Waals surface area contributed by atoms with Crippen molar-refractivity contribution in [3.05, 3.63) is 0 Å². The lowest BCUT2D eigenvalue weighted by Gasteiger charge is -2.26. The highest BCUT2D eigenvalue weighted by Gasteiger charge is 2.27. The zero-order chi connectivity index (χ0) is 13.7. The van der Waals surface area contributed by atoms with E-state index >= 15 is 0 Å². The summed E-state index contributed by atoms with van der Waals surface area (Å²) in [5.41, 5.74) is 0. The van der Waals surface area contributed by atoms with Gasteiger partial charge in [0, 0.05) is 26.2 Å². The molecule has 2 heterocycles. The van der Waals surface area contributed by atoms with E-state index in [2.05, 4.69) is 5.32 Å². The summed E-state index contributed by atoms with van der Waals surface area (Å²) in [6, 6.07) is 0.481. The summed E-state index contributed by atoms with van der Waals surface area (Å²) >= 11 is 0. The highest BCUT2D eigenvalue weighted by Crippen LogP contribution is 2.16. The standard InChI is InChI=1S/C13H26N2O3S/c1-15(9-7-12-5-2-3-8-14-12)19(16,17)11-13-6-4-10-18-13/h12-14H,2-11H2,1H3. The van der Waals surface area contributed by atoms with Crippen LogP contribution in [-0.2, 0) is 14.8 Å². The Balaban J connectivity index is 1.75. The van der Waals surface area contributed by atoms with Crippen molar-refractivity contribution < 1.29 is 13.2 Å². The van der Waals surface area contributed by atoms with Crippen LogP contribution in [0.1, 0.15) is 38.5 Å². The van der Waals surface area contributed by atoms with Gasteiger partial charge in [0.1, 0.15) is 0 Å². The number of nitrogens with zero attached hydrogens (tertiary/aromatic N) is 1. The number of nitrogens with one attached hydrogen (secondary N) is 1. The van der Waals surface area contributed by atoms with Crippen molar-refractivity contribution in [1.82, 2.24) is 9.62 Å². The number of ether oxygens (including phenoxy) is 1. The number of sulfonamides is 1. The van der Waals surface area contributed by atoms with Crippen LogP contribution in [0.3, 0.4) is 0 Å². The fourth-order valence-electron chi connectivity index (χ4n) is 2.79. The lowest BCUT2D eigenvalue weighted by Crippen LogP contribution is -2.39. The van der Waals surface area contributed by atoms with Crippen molar-refractivity contribution in [3.63, 3.8) is 0 Å². The van der Waals surface area contributed by atoms with Gasteiger partial charge in [-0.25, -0.2) is 12.7 Å². The molecule has 0 spiro atoms. The third-order valence-electron chi connectivity index (χ3n) is 4.10. The van der Waals surface area contributed by atoms with Crippen LogP contribution < -0.4 is 5.32 Å². The van der Waals surface area contributed by atoms with Crippen molar-refractivity contribution in [2.24, 2.45) is 0 Å². The molecule has 2 unspecified atom stereocenters. The Morgan fingerprint density at radius 3 is 2.74 bits per heavy atom. The van der Waals surface area contributed by atoms with Crippen LogP contribution in [0.4, 0.5) is 0 Å². The fraction of sp³-hybridized carbons (Fsp3) is 1.00. The van der Waals surface area contributed by atoms with E-state index < -0.39 is 10.0 Å². The zero-order valence-corrected chi connectivity index (χ0v) is 12.6. The molecule has 5 nitrogen and oxygen atoms in total. The maximum absolute atomic E-state index is 12.2. The summed E-state index contributed by atoms with van der Waals surface area (Å²) in [7, 11) is -1.48. The van der Waals surface area contributed by atoms with Gasteiger partial charge in [0.2, 0.25) is 10.0 Å². The van der Waals surface area contributed by atoms with E-state index in [4.69, 9.17) is 4.74 Å². The van der Waals surface area contributed by atoms with Crippen LogP contribution in [0, 0.1) is 0 Å². The second kappa shape index (κ2) is 7.02. The molecule has 2 aliphatic heterocycles. The summed E-state index contributed by atoms with van der Waals surface area (Å²) in [6.45, 7) is 2.37. The minimum atomic E-state index is -3.16. The fourth-order valence-corrected chi connectivity index (χ4v) is 4.16. The molecule has 2 aliphatic rings. The molecule has 2 atom stereocenters. The van der Waals surface area contributed by atoms with Gasteiger partial charge in [-0.3, -0.25) is 0 Å². The molecule has 112 valence electrons. The maximum Gasteiger partial charge on any atom is 0.216 e. The van der Waals surface area contributed by atoms with Crippen molar-refractivity contribution in [3.8, 4) is 0 Å². The van der Waals surface area contributed by atoms with E-state index in [0.29, 0.717) is 19.2 Å². The Bertz CT molecular complexity index is 360. The number of hydrogen-bond donors (Lipinski definition) is 1. The van der Waals surface area contributed by atoms with Crippen molar-refractivity contribution >= 4 is 10.0 Å². The third kappa shape index (κ3) is 4.70. The highest BCUT2D eigenvalue weighted by molar-refractivity contribution is 7.89. The molecule has 6 heteroatoms. The molecule has 0 bridgehead atoms. The monoisotopic (exact) mass is 290 g/mol. The topological polar surface area (TPSA) is 58.6 Å². The molecular weight excluding hydrogens is 264 g/mol. The molecule has 0 aliphatic carbocycles. The van der Waals surface area contributed by atoms with Crippen LogP contribution in [-0.4, -0.2) is 57.4 Å². The molecule has 1 N–H and O–H groups in total. The van der Waals surface area contributed by atoms with E-state index in [9.17, 15) is 8.42 Å². The Morgan fingerprint density at radius 1 is 1.26 bits per heavy atom. The molecule has 19 heavy (non-hydrogen) atoms. The Labute approximate surface area is 116 Å². The molecule has 2 saturated heterocycles.